The first kappa shape index (κ1) is 17.2. The van der Waals surface area contributed by atoms with Crippen LogP contribution in [0.2, 0.25) is 0 Å². The number of Topliss-reactive ketones (excluding diaryl/α,β-unsaturated/α-hetero) is 1. The average Bonchev–Trinajstić information content (AvgIpc) is 3.34. The number of aromatic amines is 1. The number of para-hydroxylation sites is 1. The molecule has 2 heterocycles. The van der Waals surface area contributed by atoms with Gasteiger partial charge in [0.1, 0.15) is 18.4 Å². The van der Waals surface area contributed by atoms with Crippen molar-refractivity contribution in [1.82, 2.24) is 4.98 Å². The topological polar surface area (TPSA) is 62.6 Å². The van der Waals surface area contributed by atoms with Gasteiger partial charge in [-0.3, -0.25) is 4.79 Å². The molecule has 0 amide bonds. The molecule has 1 atom stereocenters. The summed E-state index contributed by atoms with van der Waals surface area (Å²) >= 11 is 0. The Kier molecular flexibility index (Phi) is 4.60. The Hall–Kier alpha value is -3.18. The van der Waals surface area contributed by atoms with Crippen LogP contribution in [0.15, 0.2) is 71.3 Å². The van der Waals surface area contributed by atoms with Crippen molar-refractivity contribution in [2.75, 3.05) is 6.54 Å². The Morgan fingerprint density at radius 1 is 1.11 bits per heavy atom. The van der Waals surface area contributed by atoms with Gasteiger partial charge >= 0.3 is 0 Å². The molecule has 0 bridgehead atoms. The molecule has 0 saturated carbocycles. The van der Waals surface area contributed by atoms with E-state index in [-0.39, 0.29) is 24.2 Å². The molecular weight excluding hydrogens is 343 g/mol. The number of H-pyrrole nitrogens is 1. The number of ketones is 1. The Balaban J connectivity index is 1.68. The molecule has 0 saturated heterocycles. The summed E-state index contributed by atoms with van der Waals surface area (Å²) in [5.41, 5.74) is 3.04. The normalized spacial score (nSPS) is 12.4. The minimum absolute atomic E-state index is 0.0187. The van der Waals surface area contributed by atoms with Crippen LogP contribution >= 0.6 is 0 Å². The highest BCUT2D eigenvalue weighted by Crippen LogP contribution is 2.30. The number of hydrogen-bond donors (Lipinski definition) is 2. The fourth-order valence-electron chi connectivity index (χ4n) is 3.32. The van der Waals surface area contributed by atoms with E-state index in [0.717, 1.165) is 27.9 Å². The number of rotatable bonds is 6. The number of nitrogens with one attached hydrogen (secondary N) is 1. The molecule has 27 heavy (non-hydrogen) atoms. The third-order valence-electron chi connectivity index (χ3n) is 4.77. The van der Waals surface area contributed by atoms with Gasteiger partial charge in [-0.05, 0) is 55.0 Å². The summed E-state index contributed by atoms with van der Waals surface area (Å²) < 4.78 is 18.7. The third kappa shape index (κ3) is 3.41. The largest absolute Gasteiger partial charge is 0.463 e. The molecule has 0 aliphatic rings. The Labute approximate surface area is 156 Å². The zero-order chi connectivity index (χ0) is 18.8. The molecule has 4 nitrogen and oxygen atoms in total. The number of halogens is 1. The number of carbonyl (C=O) groups excluding carboxylic acids is 1. The van der Waals surface area contributed by atoms with Gasteiger partial charge in [0, 0.05) is 10.9 Å². The number of furan rings is 1. The lowest BCUT2D eigenvalue weighted by molar-refractivity contribution is -0.683. The molecule has 0 radical (unpaired) electrons. The molecule has 2 aromatic heterocycles. The summed E-state index contributed by atoms with van der Waals surface area (Å²) in [5.74, 6) is 0.550. The van der Waals surface area contributed by atoms with Gasteiger partial charge in [0.2, 0.25) is 5.78 Å². The van der Waals surface area contributed by atoms with Crippen LogP contribution < -0.4 is 5.32 Å². The van der Waals surface area contributed by atoms with Crippen LogP contribution in [-0.4, -0.2) is 17.3 Å². The van der Waals surface area contributed by atoms with E-state index in [9.17, 15) is 9.18 Å². The van der Waals surface area contributed by atoms with Gasteiger partial charge in [-0.1, -0.05) is 18.2 Å². The average molecular weight is 363 g/mol. The maximum absolute atomic E-state index is 13.3. The van der Waals surface area contributed by atoms with Gasteiger partial charge in [-0.25, -0.2) is 4.39 Å². The predicted molar refractivity (Wildman–Crippen MR) is 102 cm³/mol. The van der Waals surface area contributed by atoms with E-state index in [4.69, 9.17) is 4.42 Å². The van der Waals surface area contributed by atoms with Crippen LogP contribution in [0.4, 0.5) is 4.39 Å². The fraction of sp³-hybridized carbons (Fsp3) is 0.136. The van der Waals surface area contributed by atoms with Crippen LogP contribution in [0.1, 0.15) is 29.1 Å². The summed E-state index contributed by atoms with van der Waals surface area (Å²) in [7, 11) is 0. The van der Waals surface area contributed by atoms with Crippen LogP contribution in [0.3, 0.4) is 0 Å². The summed E-state index contributed by atoms with van der Waals surface area (Å²) in [6.45, 7) is 2.29. The standard InChI is InChI=1S/C22H19FN2O2/c1-14(20-7-4-12-27-20)24-13-19(26)21-17-5-2-3-6-18(17)25-22(21)15-8-10-16(23)11-9-15/h2-12,14,24-25H,13H2,1H3/p+1/t14-/m1/s1. The summed E-state index contributed by atoms with van der Waals surface area (Å²) in [5, 5.41) is 2.83. The molecule has 136 valence electrons. The molecule has 2 aromatic carbocycles. The highest BCUT2D eigenvalue weighted by Gasteiger charge is 2.22. The smallest absolute Gasteiger partial charge is 0.219 e. The lowest BCUT2D eigenvalue weighted by Crippen LogP contribution is -2.86. The van der Waals surface area contributed by atoms with Gasteiger partial charge in [-0.15, -0.1) is 0 Å². The number of fused-ring (bicyclic) bond motifs is 1. The number of quaternary nitrogens is 1. The Bertz CT molecular complexity index is 1070. The molecular formula is C22H20FN2O2+. The van der Waals surface area contributed by atoms with Crippen molar-refractivity contribution >= 4 is 16.7 Å². The molecule has 0 spiro atoms. The van der Waals surface area contributed by atoms with Crippen LogP contribution in [0.5, 0.6) is 0 Å². The Morgan fingerprint density at radius 2 is 1.89 bits per heavy atom. The van der Waals surface area contributed by atoms with Gasteiger partial charge in [0.25, 0.3) is 0 Å². The van der Waals surface area contributed by atoms with E-state index in [1.165, 1.54) is 12.1 Å². The Morgan fingerprint density at radius 3 is 2.63 bits per heavy atom. The molecule has 4 aromatic rings. The molecule has 0 unspecified atom stereocenters. The van der Waals surface area contributed by atoms with Gasteiger partial charge in [0.05, 0.1) is 17.5 Å². The minimum atomic E-state index is -0.302. The third-order valence-corrected chi connectivity index (χ3v) is 4.77. The van der Waals surface area contributed by atoms with E-state index < -0.39 is 0 Å². The second-order valence-corrected chi connectivity index (χ2v) is 6.59. The maximum Gasteiger partial charge on any atom is 0.219 e. The van der Waals surface area contributed by atoms with E-state index >= 15 is 0 Å². The van der Waals surface area contributed by atoms with E-state index in [0.29, 0.717) is 5.56 Å². The van der Waals surface area contributed by atoms with Gasteiger partial charge in [0.15, 0.2) is 5.76 Å². The fourth-order valence-corrected chi connectivity index (χ4v) is 3.32. The molecule has 3 N–H and O–H groups in total. The van der Waals surface area contributed by atoms with Crippen molar-refractivity contribution in [1.29, 1.82) is 0 Å². The van der Waals surface area contributed by atoms with Gasteiger partial charge in [-0.2, -0.15) is 0 Å². The van der Waals surface area contributed by atoms with Crippen molar-refractivity contribution in [3.63, 3.8) is 0 Å². The highest BCUT2D eigenvalue weighted by molar-refractivity contribution is 6.13. The zero-order valence-corrected chi connectivity index (χ0v) is 14.9. The number of aromatic nitrogens is 1. The first-order valence-corrected chi connectivity index (χ1v) is 8.90. The lowest BCUT2D eigenvalue weighted by Gasteiger charge is -2.08. The molecule has 0 aliphatic carbocycles. The van der Waals surface area contributed by atoms with Crippen LogP contribution in [0.25, 0.3) is 22.2 Å². The molecule has 0 aliphatic heterocycles. The second kappa shape index (κ2) is 7.21. The number of nitrogens with two attached hydrogens (primary N) is 1. The van der Waals surface area contributed by atoms with Gasteiger partial charge < -0.3 is 14.7 Å². The summed E-state index contributed by atoms with van der Waals surface area (Å²) in [6, 6.07) is 17.7. The molecule has 0 fully saturated rings. The SMILES string of the molecule is C[C@@H]([NH2+]CC(=O)c1c(-c2ccc(F)cc2)[nH]c2ccccc12)c1ccco1. The lowest BCUT2D eigenvalue weighted by atomic mass is 10.0. The molecule has 4 rings (SSSR count). The number of hydrogen-bond acceptors (Lipinski definition) is 2. The summed E-state index contributed by atoms with van der Waals surface area (Å²) in [6.07, 6.45) is 1.63. The van der Waals surface area contributed by atoms with Crippen molar-refractivity contribution in [2.24, 2.45) is 0 Å². The second-order valence-electron chi connectivity index (χ2n) is 6.59. The van der Waals surface area contributed by atoms with Crippen LogP contribution in [-0.2, 0) is 0 Å². The number of benzene rings is 2. The predicted octanol–water partition coefficient (Wildman–Crippen LogP) is 4.07. The first-order valence-electron chi connectivity index (χ1n) is 8.90. The van der Waals surface area contributed by atoms with Crippen molar-refractivity contribution in [3.8, 4) is 11.3 Å². The highest BCUT2D eigenvalue weighted by atomic mass is 19.1. The van der Waals surface area contributed by atoms with E-state index in [1.807, 2.05) is 48.6 Å². The summed E-state index contributed by atoms with van der Waals surface area (Å²) in [4.78, 5) is 16.4. The monoisotopic (exact) mass is 363 g/mol. The van der Waals surface area contributed by atoms with E-state index in [1.54, 1.807) is 18.4 Å². The van der Waals surface area contributed by atoms with Crippen LogP contribution in [0, 0.1) is 5.82 Å². The first-order chi connectivity index (χ1) is 13.1. The van der Waals surface area contributed by atoms with E-state index in [2.05, 4.69) is 4.98 Å². The minimum Gasteiger partial charge on any atom is -0.463 e. The van der Waals surface area contributed by atoms with Crippen molar-refractivity contribution < 1.29 is 18.9 Å². The maximum atomic E-state index is 13.3. The van der Waals surface area contributed by atoms with Crippen molar-refractivity contribution in [2.45, 2.75) is 13.0 Å². The zero-order valence-electron chi connectivity index (χ0n) is 14.9. The number of carbonyl (C=O) groups is 1. The van der Waals surface area contributed by atoms with Crippen molar-refractivity contribution in [3.05, 3.63) is 84.1 Å². The molecule has 5 heteroatoms. The quantitative estimate of drug-likeness (QED) is 0.507.